The highest BCUT2D eigenvalue weighted by Gasteiger charge is 2.20. The van der Waals surface area contributed by atoms with E-state index in [1.165, 1.54) is 31.2 Å². The summed E-state index contributed by atoms with van der Waals surface area (Å²) < 4.78 is 28.5. The van der Waals surface area contributed by atoms with Gasteiger partial charge in [0.2, 0.25) is 5.78 Å². The molecule has 0 saturated heterocycles. The molecule has 2 aromatic carbocycles. The Morgan fingerprint density at radius 1 is 1.11 bits per heavy atom. The average molecular weight is 384 g/mol. The van der Waals surface area contributed by atoms with Gasteiger partial charge in [0.25, 0.3) is 0 Å². The summed E-state index contributed by atoms with van der Waals surface area (Å²) in [4.78, 5) is 35.6. The minimum Gasteiger partial charge on any atom is -0.482 e. The summed E-state index contributed by atoms with van der Waals surface area (Å²) in [7, 11) is 0. The Bertz CT molecular complexity index is 1080. The lowest BCUT2D eigenvalue weighted by Crippen LogP contribution is -2.27. The number of rotatable bonds is 6. The first-order valence-corrected chi connectivity index (χ1v) is 8.50. The normalized spacial score (nSPS) is 11.8. The Kier molecular flexibility index (Phi) is 5.54. The Morgan fingerprint density at radius 3 is 2.54 bits per heavy atom. The van der Waals surface area contributed by atoms with Crippen LogP contribution in [0.15, 0.2) is 57.7 Å². The number of carbonyl (C=O) groups is 2. The number of ether oxygens (including phenoxy) is 2. The van der Waals surface area contributed by atoms with Crippen LogP contribution in [-0.2, 0) is 9.53 Å². The molecule has 0 saturated carbocycles. The smallest absolute Gasteiger partial charge is 0.344 e. The van der Waals surface area contributed by atoms with Gasteiger partial charge >= 0.3 is 11.6 Å². The molecule has 3 rings (SSSR count). The quantitative estimate of drug-likeness (QED) is 0.368. The van der Waals surface area contributed by atoms with Crippen molar-refractivity contribution in [1.29, 1.82) is 0 Å². The van der Waals surface area contributed by atoms with Gasteiger partial charge in [-0.15, -0.1) is 0 Å². The number of hydrogen-bond donors (Lipinski definition) is 0. The van der Waals surface area contributed by atoms with Gasteiger partial charge in [-0.1, -0.05) is 0 Å². The van der Waals surface area contributed by atoms with E-state index in [4.69, 9.17) is 13.9 Å². The predicted molar refractivity (Wildman–Crippen MR) is 99.0 cm³/mol. The van der Waals surface area contributed by atoms with Gasteiger partial charge < -0.3 is 13.9 Å². The molecule has 1 atom stereocenters. The lowest BCUT2D eigenvalue weighted by Gasteiger charge is -2.13. The fraction of sp³-hybridized carbons (Fsp3) is 0.190. The Hall–Kier alpha value is -3.48. The molecule has 0 aliphatic heterocycles. The van der Waals surface area contributed by atoms with Crippen LogP contribution in [0.1, 0.15) is 22.8 Å². The summed E-state index contributed by atoms with van der Waals surface area (Å²) in [5.41, 5.74) is 0.873. The van der Waals surface area contributed by atoms with Gasteiger partial charge in [0.1, 0.15) is 17.1 Å². The summed E-state index contributed by atoms with van der Waals surface area (Å²) in [6, 6.07) is 11.2. The molecule has 0 unspecified atom stereocenters. The lowest BCUT2D eigenvalue weighted by molar-refractivity contribution is -0.148. The number of aryl methyl sites for hydroxylation is 1. The van der Waals surface area contributed by atoms with Crippen LogP contribution in [0, 0.1) is 12.7 Å². The van der Waals surface area contributed by atoms with Crippen molar-refractivity contribution in [3.63, 3.8) is 0 Å². The summed E-state index contributed by atoms with van der Waals surface area (Å²) in [5.74, 6) is -1.34. The number of fused-ring (bicyclic) bond motifs is 1. The first-order chi connectivity index (χ1) is 13.3. The number of carbonyl (C=O) groups excluding carboxylic acids is 2. The van der Waals surface area contributed by atoms with E-state index in [0.717, 1.165) is 23.1 Å². The Labute approximate surface area is 159 Å². The van der Waals surface area contributed by atoms with Gasteiger partial charge in [0.05, 0.1) is 0 Å². The average Bonchev–Trinajstić information content (AvgIpc) is 2.66. The highest BCUT2D eigenvalue weighted by Crippen LogP contribution is 2.22. The molecule has 0 fully saturated rings. The standard InChI is InChI=1S/C21H17FO6/c1-12-9-19(23)28-18-10-16(7-8-17(12)18)26-11-20(24)27-13(2)21(25)14-3-5-15(22)6-4-14/h3-10,13H,11H2,1-2H3/t13-/m1/s1. The van der Waals surface area contributed by atoms with Gasteiger partial charge in [0, 0.05) is 23.1 Å². The molecule has 3 aromatic rings. The van der Waals surface area contributed by atoms with Gasteiger partial charge in [-0.2, -0.15) is 0 Å². The number of ketones is 1. The van der Waals surface area contributed by atoms with Crippen molar-refractivity contribution >= 4 is 22.7 Å². The van der Waals surface area contributed by atoms with Crippen molar-refractivity contribution in [2.75, 3.05) is 6.61 Å². The highest BCUT2D eigenvalue weighted by molar-refractivity contribution is 6.00. The van der Waals surface area contributed by atoms with Crippen molar-refractivity contribution in [2.24, 2.45) is 0 Å². The monoisotopic (exact) mass is 384 g/mol. The molecule has 144 valence electrons. The van der Waals surface area contributed by atoms with E-state index in [1.54, 1.807) is 19.1 Å². The molecular weight excluding hydrogens is 367 g/mol. The van der Waals surface area contributed by atoms with Crippen LogP contribution in [-0.4, -0.2) is 24.5 Å². The van der Waals surface area contributed by atoms with Crippen molar-refractivity contribution < 1.29 is 27.9 Å². The minimum absolute atomic E-state index is 0.238. The molecular formula is C21H17FO6. The summed E-state index contributed by atoms with van der Waals surface area (Å²) in [6.07, 6.45) is -1.04. The van der Waals surface area contributed by atoms with Gasteiger partial charge in [-0.05, 0) is 55.8 Å². The van der Waals surface area contributed by atoms with Crippen LogP contribution < -0.4 is 10.4 Å². The third-order valence-corrected chi connectivity index (χ3v) is 4.09. The molecule has 1 aromatic heterocycles. The van der Waals surface area contributed by atoms with E-state index in [1.807, 2.05) is 0 Å². The fourth-order valence-corrected chi connectivity index (χ4v) is 2.67. The summed E-state index contributed by atoms with van der Waals surface area (Å²) in [6.45, 7) is 2.79. The molecule has 0 amide bonds. The molecule has 0 N–H and O–H groups in total. The molecule has 7 heteroatoms. The van der Waals surface area contributed by atoms with Crippen molar-refractivity contribution in [3.05, 3.63) is 75.9 Å². The number of Topliss-reactive ketones (excluding diaryl/α,β-unsaturated/α-hetero) is 1. The van der Waals surface area contributed by atoms with Crippen LogP contribution in [0.25, 0.3) is 11.0 Å². The summed E-state index contributed by atoms with van der Waals surface area (Å²) in [5, 5.41) is 0.757. The lowest BCUT2D eigenvalue weighted by atomic mass is 10.1. The van der Waals surface area contributed by atoms with E-state index in [9.17, 15) is 18.8 Å². The Balaban J connectivity index is 1.60. The largest absolute Gasteiger partial charge is 0.482 e. The number of benzene rings is 2. The molecule has 6 nitrogen and oxygen atoms in total. The van der Waals surface area contributed by atoms with E-state index in [0.29, 0.717) is 11.3 Å². The molecule has 0 bridgehead atoms. The SMILES string of the molecule is Cc1cc(=O)oc2cc(OCC(=O)O[C@H](C)C(=O)c3ccc(F)cc3)ccc12. The van der Waals surface area contributed by atoms with Crippen LogP contribution in [0.5, 0.6) is 5.75 Å². The molecule has 0 spiro atoms. The van der Waals surface area contributed by atoms with Gasteiger partial charge in [-0.3, -0.25) is 4.79 Å². The second-order valence-electron chi connectivity index (χ2n) is 6.20. The number of hydrogen-bond acceptors (Lipinski definition) is 6. The zero-order valence-electron chi connectivity index (χ0n) is 15.2. The third kappa shape index (κ3) is 4.43. The van der Waals surface area contributed by atoms with Crippen LogP contribution in [0.4, 0.5) is 4.39 Å². The maximum absolute atomic E-state index is 12.9. The van der Waals surface area contributed by atoms with E-state index < -0.39 is 35.9 Å². The van der Waals surface area contributed by atoms with Gasteiger partial charge in [-0.25, -0.2) is 14.0 Å². The highest BCUT2D eigenvalue weighted by atomic mass is 19.1. The molecule has 1 heterocycles. The first kappa shape index (κ1) is 19.3. The zero-order chi connectivity index (χ0) is 20.3. The number of esters is 1. The molecule has 28 heavy (non-hydrogen) atoms. The fourth-order valence-electron chi connectivity index (χ4n) is 2.67. The maximum Gasteiger partial charge on any atom is 0.344 e. The van der Waals surface area contributed by atoms with Crippen LogP contribution in [0.3, 0.4) is 0 Å². The molecule has 0 radical (unpaired) electrons. The third-order valence-electron chi connectivity index (χ3n) is 4.09. The van der Waals surface area contributed by atoms with E-state index >= 15 is 0 Å². The molecule has 0 aliphatic rings. The van der Waals surface area contributed by atoms with Crippen LogP contribution >= 0.6 is 0 Å². The van der Waals surface area contributed by atoms with Crippen molar-refractivity contribution in [3.8, 4) is 5.75 Å². The topological polar surface area (TPSA) is 82.8 Å². The maximum atomic E-state index is 12.9. The van der Waals surface area contributed by atoms with Gasteiger partial charge in [0.15, 0.2) is 12.7 Å². The number of halogens is 1. The van der Waals surface area contributed by atoms with Crippen molar-refractivity contribution in [2.45, 2.75) is 20.0 Å². The second-order valence-corrected chi connectivity index (χ2v) is 6.20. The Morgan fingerprint density at radius 2 is 1.82 bits per heavy atom. The van der Waals surface area contributed by atoms with E-state index in [-0.39, 0.29) is 5.56 Å². The molecule has 0 aliphatic carbocycles. The zero-order valence-corrected chi connectivity index (χ0v) is 15.2. The predicted octanol–water partition coefficient (Wildman–Crippen LogP) is 3.43. The summed E-state index contributed by atoms with van der Waals surface area (Å²) >= 11 is 0. The first-order valence-electron chi connectivity index (χ1n) is 8.50. The van der Waals surface area contributed by atoms with E-state index in [2.05, 4.69) is 0 Å². The minimum atomic E-state index is -1.04. The second kappa shape index (κ2) is 8.04. The van der Waals surface area contributed by atoms with Crippen LogP contribution in [0.2, 0.25) is 0 Å². The van der Waals surface area contributed by atoms with Crippen molar-refractivity contribution in [1.82, 2.24) is 0 Å².